The van der Waals surface area contributed by atoms with Gasteiger partial charge in [0, 0.05) is 12.1 Å². The zero-order chi connectivity index (χ0) is 16.4. The molecule has 0 heterocycles. The summed E-state index contributed by atoms with van der Waals surface area (Å²) in [7, 11) is -4.94. The Bertz CT molecular complexity index is 418. The quantitative estimate of drug-likeness (QED) is 0.545. The Hall–Kier alpha value is -1.11. The van der Waals surface area contributed by atoms with Crippen LogP contribution in [0.15, 0.2) is 18.2 Å². The highest BCUT2D eigenvalue weighted by atomic mass is 35.7. The van der Waals surface area contributed by atoms with Crippen LogP contribution in [-0.4, -0.2) is 0 Å². The second-order valence-electron chi connectivity index (χ2n) is 3.29. The van der Waals surface area contributed by atoms with Crippen LogP contribution >= 0.6 is 0 Å². The van der Waals surface area contributed by atoms with Crippen LogP contribution in [0.4, 0.5) is 32.0 Å². The largest absolute Gasteiger partial charge is 0.416 e. The number of rotatable bonds is 0. The van der Waals surface area contributed by atoms with Gasteiger partial charge in [-0.25, -0.2) is 18.6 Å². The second-order valence-corrected chi connectivity index (χ2v) is 4.05. The van der Waals surface area contributed by atoms with Crippen molar-refractivity contribution >= 4 is 5.69 Å². The lowest BCUT2D eigenvalue weighted by Crippen LogP contribution is -2.68. The Balaban J connectivity index is 0.000000621. The Morgan fingerprint density at radius 3 is 1.20 bits per heavy atom. The lowest BCUT2D eigenvalue weighted by Gasteiger charge is -2.17. The smallest absolute Gasteiger partial charge is 0.325 e. The van der Waals surface area contributed by atoms with E-state index in [1.54, 1.807) is 0 Å². The second kappa shape index (κ2) is 6.11. The molecule has 0 aliphatic carbocycles. The molecule has 3 N–H and O–H groups in total. The van der Waals surface area contributed by atoms with Crippen LogP contribution in [-0.2, 0) is 12.4 Å². The van der Waals surface area contributed by atoms with Crippen LogP contribution in [0, 0.1) is 10.2 Å². The van der Waals surface area contributed by atoms with Gasteiger partial charge in [-0.1, -0.05) is 0 Å². The topological polar surface area (TPSA) is 120 Å². The zero-order valence-electron chi connectivity index (χ0n) is 9.22. The summed E-state index contributed by atoms with van der Waals surface area (Å²) in [6.45, 7) is 0. The maximum atomic E-state index is 12.1. The van der Waals surface area contributed by atoms with Crippen molar-refractivity contribution in [1.82, 2.24) is 0 Å². The van der Waals surface area contributed by atoms with Crippen molar-refractivity contribution in [1.29, 1.82) is 0 Å². The van der Waals surface area contributed by atoms with Crippen molar-refractivity contribution < 1.29 is 61.0 Å². The predicted molar refractivity (Wildman–Crippen MR) is 39.0 cm³/mol. The molecule has 0 saturated heterocycles. The van der Waals surface area contributed by atoms with Crippen LogP contribution in [0.5, 0.6) is 0 Å². The average molecular weight is 330 g/mol. The van der Waals surface area contributed by atoms with E-state index in [1.165, 1.54) is 0 Å². The van der Waals surface area contributed by atoms with Crippen molar-refractivity contribution in [2.75, 3.05) is 0 Å². The summed E-state index contributed by atoms with van der Waals surface area (Å²) >= 11 is 0. The number of halogens is 7. The van der Waals surface area contributed by atoms with Crippen molar-refractivity contribution in [2.24, 2.45) is 0 Å². The standard InChI is InChI=1S/C8H5F6N.ClHO4/c9-7(10,11)4-1-5(8(12,13)14)3-6(15)2-4;2-1(3,4)5/h1-3H,15H2;(H,2,3,4,5). The summed E-state index contributed by atoms with van der Waals surface area (Å²) in [5.41, 5.74) is 0.0567. The average Bonchev–Trinajstić information content (AvgIpc) is 2.10. The molecule has 0 unspecified atom stereocenters. The van der Waals surface area contributed by atoms with Gasteiger partial charge in [0.1, 0.15) is 5.69 Å². The van der Waals surface area contributed by atoms with Crippen molar-refractivity contribution in [3.63, 3.8) is 0 Å². The first-order valence-electron chi connectivity index (χ1n) is 4.34. The third kappa shape index (κ3) is 8.14. The van der Waals surface area contributed by atoms with E-state index in [4.69, 9.17) is 18.6 Å². The minimum absolute atomic E-state index is 0.0642. The molecule has 1 aromatic rings. The Kier molecular flexibility index (Phi) is 5.78. The van der Waals surface area contributed by atoms with Crippen LogP contribution in [0.3, 0.4) is 0 Å². The first-order valence-corrected chi connectivity index (χ1v) is 5.57. The lowest BCUT2D eigenvalue weighted by molar-refractivity contribution is -2.00. The van der Waals surface area contributed by atoms with E-state index in [-0.39, 0.29) is 11.8 Å². The summed E-state index contributed by atoms with van der Waals surface area (Å²) in [6.07, 6.45) is -9.60. The van der Waals surface area contributed by atoms with Gasteiger partial charge in [0.25, 0.3) is 0 Å². The predicted octanol–water partition coefficient (Wildman–Crippen LogP) is -2.16. The Labute approximate surface area is 109 Å². The summed E-state index contributed by atoms with van der Waals surface area (Å²) in [5, 5.41) is 0. The third-order valence-electron chi connectivity index (χ3n) is 1.65. The van der Waals surface area contributed by atoms with E-state index in [2.05, 4.69) is 5.73 Å². The molecule has 12 heteroatoms. The van der Waals surface area contributed by atoms with E-state index in [1.807, 2.05) is 0 Å². The monoisotopic (exact) mass is 329 g/mol. The van der Waals surface area contributed by atoms with Gasteiger partial charge in [-0.15, -0.1) is 10.2 Å². The number of hydrogen-bond acceptors (Lipinski definition) is 4. The molecule has 0 atom stereocenters. The minimum atomic E-state index is -4.94. The minimum Gasteiger partial charge on any atom is -0.325 e. The molecule has 0 spiro atoms. The number of hydrogen-bond donors (Lipinski definition) is 1. The summed E-state index contributed by atoms with van der Waals surface area (Å²) < 4.78 is 107. The molecular weight excluding hydrogens is 324 g/mol. The summed E-state index contributed by atoms with van der Waals surface area (Å²) in [4.78, 5) is 0. The van der Waals surface area contributed by atoms with Crippen LogP contribution < -0.4 is 24.4 Å². The highest BCUT2D eigenvalue weighted by molar-refractivity contribution is 5.40. The van der Waals surface area contributed by atoms with Crippen molar-refractivity contribution in [3.8, 4) is 0 Å². The van der Waals surface area contributed by atoms with Crippen LogP contribution in [0.25, 0.3) is 0 Å². The normalized spacial score (nSPS) is 12.8. The molecule has 0 amide bonds. The van der Waals surface area contributed by atoms with Gasteiger partial charge in [-0.2, -0.15) is 26.3 Å². The molecule has 0 aromatic heterocycles. The van der Waals surface area contributed by atoms with Gasteiger partial charge in [0.2, 0.25) is 0 Å². The van der Waals surface area contributed by atoms with Gasteiger partial charge in [0.15, 0.2) is 0 Å². The van der Waals surface area contributed by atoms with E-state index in [9.17, 15) is 26.3 Å². The zero-order valence-corrected chi connectivity index (χ0v) is 9.97. The molecule has 0 aliphatic rings. The van der Waals surface area contributed by atoms with Crippen molar-refractivity contribution in [2.45, 2.75) is 12.4 Å². The first-order chi connectivity index (χ1) is 8.60. The first kappa shape index (κ1) is 18.9. The molecule has 1 rings (SSSR count). The van der Waals surface area contributed by atoms with Gasteiger partial charge in [0.05, 0.1) is 11.1 Å². The molecule has 0 fully saturated rings. The molecule has 116 valence electrons. The van der Waals surface area contributed by atoms with E-state index < -0.39 is 33.7 Å². The van der Waals surface area contributed by atoms with Gasteiger partial charge >= 0.3 is 12.4 Å². The Morgan fingerprint density at radius 1 is 0.750 bits per heavy atom. The summed E-state index contributed by atoms with van der Waals surface area (Å²) in [5.74, 6) is 0. The van der Waals surface area contributed by atoms with Crippen LogP contribution in [0.2, 0.25) is 0 Å². The maximum absolute atomic E-state index is 12.1. The fourth-order valence-corrected chi connectivity index (χ4v) is 1.02. The molecular formula is C8H6ClF6NO4. The molecule has 0 aliphatic heterocycles. The van der Waals surface area contributed by atoms with E-state index in [0.717, 1.165) is 0 Å². The fraction of sp³-hybridized carbons (Fsp3) is 0.250. The van der Waals surface area contributed by atoms with Gasteiger partial charge in [-0.05, 0) is 6.07 Å². The van der Waals surface area contributed by atoms with Gasteiger partial charge in [-0.3, -0.25) is 0 Å². The Morgan fingerprint density at radius 2 is 1.00 bits per heavy atom. The van der Waals surface area contributed by atoms with Gasteiger partial charge < -0.3 is 5.73 Å². The van der Waals surface area contributed by atoms with Crippen molar-refractivity contribution in [3.05, 3.63) is 29.3 Å². The molecule has 20 heavy (non-hydrogen) atoms. The summed E-state index contributed by atoms with van der Waals surface area (Å²) in [6, 6.07) is 1.19. The fourth-order valence-electron chi connectivity index (χ4n) is 1.02. The lowest BCUT2D eigenvalue weighted by atomic mass is 10.1. The molecule has 0 saturated carbocycles. The number of alkyl halides is 6. The van der Waals surface area contributed by atoms with E-state index >= 15 is 0 Å². The molecule has 0 bridgehead atoms. The molecule has 5 nitrogen and oxygen atoms in total. The highest BCUT2D eigenvalue weighted by Gasteiger charge is 2.37. The highest BCUT2D eigenvalue weighted by Crippen LogP contribution is 2.36. The third-order valence-corrected chi connectivity index (χ3v) is 1.65. The van der Waals surface area contributed by atoms with E-state index in [0.29, 0.717) is 12.1 Å². The van der Waals surface area contributed by atoms with Crippen LogP contribution in [0.1, 0.15) is 11.1 Å². The molecule has 1 aromatic carbocycles. The molecule has 0 radical (unpaired) electrons. The number of quaternary nitrogens is 1. The number of benzene rings is 1. The maximum Gasteiger partial charge on any atom is 0.416 e. The SMILES string of the molecule is [NH3+]c1cc(C(F)(F)F)cc(C(F)(F)F)c1.[O-][Cl+3]([O-])([O-])[O-].